The van der Waals surface area contributed by atoms with Crippen LogP contribution >= 0.6 is 0 Å². The smallest absolute Gasteiger partial charge is 0.338 e. The van der Waals surface area contributed by atoms with Gasteiger partial charge in [-0.3, -0.25) is 4.79 Å². The SMILES string of the molecule is CCOC(=O)c1cccc(-c2ccc(/C=N\NC(=O)Cc3ccccc3)o2)c1. The molecular formula is C22H20N2O4. The zero-order valence-corrected chi connectivity index (χ0v) is 15.4. The number of esters is 1. The molecule has 6 nitrogen and oxygen atoms in total. The minimum absolute atomic E-state index is 0.212. The molecule has 0 aliphatic rings. The average molecular weight is 376 g/mol. The Morgan fingerprint density at radius 1 is 1.07 bits per heavy atom. The second kappa shape index (κ2) is 9.32. The molecule has 6 heteroatoms. The zero-order chi connectivity index (χ0) is 19.8. The second-order valence-electron chi connectivity index (χ2n) is 5.96. The van der Waals surface area contributed by atoms with Crippen molar-refractivity contribution in [2.24, 2.45) is 5.10 Å². The fraction of sp³-hybridized carbons (Fsp3) is 0.136. The van der Waals surface area contributed by atoms with Gasteiger partial charge in [-0.1, -0.05) is 42.5 Å². The molecule has 0 saturated carbocycles. The van der Waals surface area contributed by atoms with Gasteiger partial charge >= 0.3 is 5.97 Å². The van der Waals surface area contributed by atoms with Crippen molar-refractivity contribution in [2.45, 2.75) is 13.3 Å². The highest BCUT2D eigenvalue weighted by Gasteiger charge is 2.10. The van der Waals surface area contributed by atoms with Crippen LogP contribution in [0.1, 0.15) is 28.6 Å². The van der Waals surface area contributed by atoms with Crippen molar-refractivity contribution in [3.05, 3.63) is 83.6 Å². The standard InChI is InChI=1S/C22H20N2O4/c1-2-27-22(26)18-10-6-9-17(14-18)20-12-11-19(28-20)15-23-24-21(25)13-16-7-4-3-5-8-16/h3-12,14-15H,2,13H2,1H3,(H,24,25)/b23-15-. The van der Waals surface area contributed by atoms with Crippen molar-refractivity contribution in [1.82, 2.24) is 5.43 Å². The molecule has 1 N–H and O–H groups in total. The van der Waals surface area contributed by atoms with E-state index in [-0.39, 0.29) is 18.3 Å². The van der Waals surface area contributed by atoms with E-state index in [0.29, 0.717) is 23.7 Å². The third-order valence-electron chi connectivity index (χ3n) is 3.87. The van der Waals surface area contributed by atoms with Crippen LogP contribution in [0.5, 0.6) is 0 Å². The normalized spacial score (nSPS) is 10.8. The van der Waals surface area contributed by atoms with E-state index >= 15 is 0 Å². The van der Waals surface area contributed by atoms with Crippen LogP contribution in [0.4, 0.5) is 0 Å². The fourth-order valence-electron chi connectivity index (χ4n) is 2.58. The number of furan rings is 1. The van der Waals surface area contributed by atoms with Crippen molar-refractivity contribution in [3.8, 4) is 11.3 Å². The quantitative estimate of drug-likeness (QED) is 0.386. The molecule has 0 bridgehead atoms. The molecule has 0 atom stereocenters. The van der Waals surface area contributed by atoms with Gasteiger partial charge in [0.1, 0.15) is 11.5 Å². The lowest BCUT2D eigenvalue weighted by atomic mass is 10.1. The first-order valence-electron chi connectivity index (χ1n) is 8.89. The van der Waals surface area contributed by atoms with Gasteiger partial charge in [-0.2, -0.15) is 5.10 Å². The molecule has 0 radical (unpaired) electrons. The Bertz CT molecular complexity index is 977. The highest BCUT2D eigenvalue weighted by atomic mass is 16.5. The summed E-state index contributed by atoms with van der Waals surface area (Å²) < 4.78 is 10.7. The summed E-state index contributed by atoms with van der Waals surface area (Å²) >= 11 is 0. The highest BCUT2D eigenvalue weighted by molar-refractivity contribution is 5.91. The van der Waals surface area contributed by atoms with Gasteiger partial charge in [-0.15, -0.1) is 0 Å². The van der Waals surface area contributed by atoms with Gasteiger partial charge in [0, 0.05) is 5.56 Å². The van der Waals surface area contributed by atoms with Gasteiger partial charge < -0.3 is 9.15 Å². The number of benzene rings is 2. The number of amides is 1. The molecule has 1 heterocycles. The molecule has 1 amide bonds. The summed E-state index contributed by atoms with van der Waals surface area (Å²) in [6.07, 6.45) is 1.68. The number of carbonyl (C=O) groups excluding carboxylic acids is 2. The lowest BCUT2D eigenvalue weighted by Gasteiger charge is -2.03. The van der Waals surface area contributed by atoms with E-state index in [9.17, 15) is 9.59 Å². The van der Waals surface area contributed by atoms with Crippen LogP contribution in [0.15, 0.2) is 76.2 Å². The Kier molecular flexibility index (Phi) is 6.36. The number of carbonyl (C=O) groups is 2. The van der Waals surface area contributed by atoms with Gasteiger partial charge in [-0.25, -0.2) is 10.2 Å². The van der Waals surface area contributed by atoms with Gasteiger partial charge in [0.05, 0.1) is 24.8 Å². The molecule has 0 spiro atoms. The van der Waals surface area contributed by atoms with E-state index < -0.39 is 0 Å². The van der Waals surface area contributed by atoms with Crippen molar-refractivity contribution in [2.75, 3.05) is 6.61 Å². The van der Waals surface area contributed by atoms with E-state index in [1.807, 2.05) is 36.4 Å². The molecule has 0 aliphatic carbocycles. The Balaban J connectivity index is 1.61. The van der Waals surface area contributed by atoms with Gasteiger partial charge in [0.15, 0.2) is 0 Å². The van der Waals surface area contributed by atoms with Crippen molar-refractivity contribution in [1.29, 1.82) is 0 Å². The van der Waals surface area contributed by atoms with Crippen LogP contribution in [-0.4, -0.2) is 24.7 Å². The summed E-state index contributed by atoms with van der Waals surface area (Å²) in [4.78, 5) is 23.7. The predicted octanol–water partition coefficient (Wildman–Crippen LogP) is 3.82. The van der Waals surface area contributed by atoms with Gasteiger partial charge in [0.2, 0.25) is 5.91 Å². The molecular weight excluding hydrogens is 356 g/mol. The summed E-state index contributed by atoms with van der Waals surface area (Å²) in [6, 6.07) is 19.9. The van der Waals surface area contributed by atoms with Crippen LogP contribution in [0.3, 0.4) is 0 Å². The first-order chi connectivity index (χ1) is 13.7. The minimum atomic E-state index is -0.376. The summed E-state index contributed by atoms with van der Waals surface area (Å²) in [5.41, 5.74) is 4.60. The van der Waals surface area contributed by atoms with Gasteiger partial charge in [0.25, 0.3) is 0 Å². The monoisotopic (exact) mass is 376 g/mol. The number of hydrogen-bond donors (Lipinski definition) is 1. The maximum atomic E-state index is 11.9. The molecule has 0 aliphatic heterocycles. The molecule has 3 aromatic rings. The summed E-state index contributed by atoms with van der Waals surface area (Å²) in [7, 11) is 0. The maximum absolute atomic E-state index is 11.9. The number of rotatable bonds is 7. The van der Waals surface area contributed by atoms with Crippen LogP contribution in [0.2, 0.25) is 0 Å². The van der Waals surface area contributed by atoms with Crippen molar-refractivity contribution in [3.63, 3.8) is 0 Å². The molecule has 1 aromatic heterocycles. The molecule has 142 valence electrons. The predicted molar refractivity (Wildman–Crippen MR) is 106 cm³/mol. The van der Waals surface area contributed by atoms with E-state index in [4.69, 9.17) is 9.15 Å². The van der Waals surface area contributed by atoms with E-state index in [0.717, 1.165) is 11.1 Å². The van der Waals surface area contributed by atoms with Crippen molar-refractivity contribution < 1.29 is 18.7 Å². The number of hydrogen-bond acceptors (Lipinski definition) is 5. The molecule has 28 heavy (non-hydrogen) atoms. The minimum Gasteiger partial charge on any atom is -0.462 e. The Morgan fingerprint density at radius 3 is 2.68 bits per heavy atom. The first kappa shape index (κ1) is 19.1. The third kappa shape index (κ3) is 5.17. The second-order valence-corrected chi connectivity index (χ2v) is 5.96. The number of nitrogens with one attached hydrogen (secondary N) is 1. The fourth-order valence-corrected chi connectivity index (χ4v) is 2.58. The maximum Gasteiger partial charge on any atom is 0.338 e. The molecule has 0 unspecified atom stereocenters. The van der Waals surface area contributed by atoms with Crippen molar-refractivity contribution >= 4 is 18.1 Å². The van der Waals surface area contributed by atoms with E-state index in [2.05, 4.69) is 10.5 Å². The van der Waals surface area contributed by atoms with Crippen LogP contribution in [0.25, 0.3) is 11.3 Å². The van der Waals surface area contributed by atoms with Gasteiger partial charge in [-0.05, 0) is 36.8 Å². The summed E-state index contributed by atoms with van der Waals surface area (Å²) in [6.45, 7) is 2.08. The molecule has 2 aromatic carbocycles. The Hall–Kier alpha value is -3.67. The van der Waals surface area contributed by atoms with Crippen LogP contribution in [-0.2, 0) is 16.0 Å². The third-order valence-corrected chi connectivity index (χ3v) is 3.87. The topological polar surface area (TPSA) is 80.9 Å². The summed E-state index contributed by atoms with van der Waals surface area (Å²) in [5.74, 6) is 0.481. The molecule has 0 saturated heterocycles. The molecule has 0 fully saturated rings. The number of nitrogens with zero attached hydrogens (tertiary/aromatic N) is 1. The lowest BCUT2D eigenvalue weighted by Crippen LogP contribution is -2.19. The zero-order valence-electron chi connectivity index (χ0n) is 15.4. The first-order valence-corrected chi connectivity index (χ1v) is 8.89. The largest absolute Gasteiger partial charge is 0.462 e. The Morgan fingerprint density at radius 2 is 1.89 bits per heavy atom. The van der Waals surface area contributed by atoms with Crippen LogP contribution < -0.4 is 5.43 Å². The highest BCUT2D eigenvalue weighted by Crippen LogP contribution is 2.23. The van der Waals surface area contributed by atoms with E-state index in [1.165, 1.54) is 6.21 Å². The van der Waals surface area contributed by atoms with Crippen LogP contribution in [0, 0.1) is 0 Å². The summed E-state index contributed by atoms with van der Waals surface area (Å²) in [5, 5.41) is 3.92. The average Bonchev–Trinajstić information content (AvgIpc) is 3.18. The molecule has 3 rings (SSSR count). The van der Waals surface area contributed by atoms with E-state index in [1.54, 1.807) is 37.3 Å². The lowest BCUT2D eigenvalue weighted by molar-refractivity contribution is -0.120. The number of hydrazone groups is 1. The Labute approximate surface area is 162 Å². The number of ether oxygens (including phenoxy) is 1.